The molecule has 4 heteroatoms. The van der Waals surface area contributed by atoms with Gasteiger partial charge in [0.25, 0.3) is 0 Å². The van der Waals surface area contributed by atoms with E-state index in [4.69, 9.17) is 0 Å². The highest BCUT2D eigenvalue weighted by Gasteiger charge is 2.20. The Morgan fingerprint density at radius 1 is 1.13 bits per heavy atom. The number of rotatable bonds is 6. The second-order valence-corrected chi connectivity index (χ2v) is 7.14. The van der Waals surface area contributed by atoms with E-state index in [2.05, 4.69) is 67.1 Å². The fourth-order valence-corrected chi connectivity index (χ4v) is 2.84. The van der Waals surface area contributed by atoms with E-state index in [0.717, 1.165) is 32.7 Å². The largest absolute Gasteiger partial charge is 0.352 e. The average Bonchev–Trinajstić information content (AvgIpc) is 2.49. The van der Waals surface area contributed by atoms with Crippen LogP contribution in [0.1, 0.15) is 31.9 Å². The van der Waals surface area contributed by atoms with E-state index in [0.29, 0.717) is 12.5 Å². The van der Waals surface area contributed by atoms with Crippen molar-refractivity contribution in [3.8, 4) is 0 Å². The van der Waals surface area contributed by atoms with Gasteiger partial charge in [-0.15, -0.1) is 0 Å². The molecule has 1 fully saturated rings. The minimum atomic E-state index is 0.151. The smallest absolute Gasteiger partial charge is 0.234 e. The summed E-state index contributed by atoms with van der Waals surface area (Å²) < 4.78 is 0. The van der Waals surface area contributed by atoms with Crippen molar-refractivity contribution in [3.63, 3.8) is 0 Å². The third-order valence-electron chi connectivity index (χ3n) is 4.71. The number of amides is 1. The van der Waals surface area contributed by atoms with Crippen molar-refractivity contribution in [1.29, 1.82) is 0 Å². The summed E-state index contributed by atoms with van der Waals surface area (Å²) in [6.45, 7) is 14.0. The number of hydrogen-bond donors (Lipinski definition) is 1. The molecule has 0 saturated carbocycles. The van der Waals surface area contributed by atoms with Crippen molar-refractivity contribution < 1.29 is 4.79 Å². The lowest BCUT2D eigenvalue weighted by molar-refractivity contribution is -0.123. The monoisotopic (exact) mass is 317 g/mol. The molecule has 23 heavy (non-hydrogen) atoms. The Hall–Kier alpha value is -1.39. The highest BCUT2D eigenvalue weighted by atomic mass is 16.2. The molecule has 1 unspecified atom stereocenters. The number of hydrogen-bond acceptors (Lipinski definition) is 3. The molecule has 0 aliphatic carbocycles. The van der Waals surface area contributed by atoms with Crippen molar-refractivity contribution in [2.24, 2.45) is 5.92 Å². The van der Waals surface area contributed by atoms with Gasteiger partial charge in [-0.25, -0.2) is 0 Å². The number of carbonyl (C=O) groups is 1. The van der Waals surface area contributed by atoms with Crippen molar-refractivity contribution in [2.45, 2.75) is 40.3 Å². The van der Waals surface area contributed by atoms with Gasteiger partial charge in [-0.1, -0.05) is 43.7 Å². The molecule has 1 saturated heterocycles. The highest BCUT2D eigenvalue weighted by Crippen LogP contribution is 2.10. The Morgan fingerprint density at radius 3 is 2.39 bits per heavy atom. The number of nitrogens with one attached hydrogen (secondary N) is 1. The number of benzene rings is 1. The first-order chi connectivity index (χ1) is 10.9. The molecule has 0 bridgehead atoms. The topological polar surface area (TPSA) is 35.6 Å². The van der Waals surface area contributed by atoms with Crippen LogP contribution in [0.4, 0.5) is 0 Å². The van der Waals surface area contributed by atoms with Gasteiger partial charge in [-0.05, 0) is 25.3 Å². The van der Waals surface area contributed by atoms with Gasteiger partial charge in [0, 0.05) is 38.8 Å². The summed E-state index contributed by atoms with van der Waals surface area (Å²) >= 11 is 0. The van der Waals surface area contributed by atoms with Crippen LogP contribution in [-0.2, 0) is 11.3 Å². The van der Waals surface area contributed by atoms with E-state index in [1.807, 2.05) is 0 Å². The van der Waals surface area contributed by atoms with Crippen LogP contribution < -0.4 is 5.32 Å². The molecular weight excluding hydrogens is 286 g/mol. The maximum Gasteiger partial charge on any atom is 0.234 e. The van der Waals surface area contributed by atoms with Crippen LogP contribution in [0, 0.1) is 12.8 Å². The highest BCUT2D eigenvalue weighted by molar-refractivity contribution is 5.78. The molecule has 0 spiro atoms. The van der Waals surface area contributed by atoms with Gasteiger partial charge in [0.05, 0.1) is 6.54 Å². The molecule has 1 aliphatic rings. The first-order valence-electron chi connectivity index (χ1n) is 8.73. The summed E-state index contributed by atoms with van der Waals surface area (Å²) in [5, 5.41) is 3.09. The first-order valence-corrected chi connectivity index (χ1v) is 8.73. The molecule has 2 rings (SSSR count). The standard InChI is InChI=1S/C19H31N3O/c1-15(2)17(4)20-19(23)14-22-10-8-21(9-11-22)13-18-7-5-6-16(3)12-18/h5-7,12,15,17H,8-11,13-14H2,1-4H3,(H,20,23). The lowest BCUT2D eigenvalue weighted by atomic mass is 10.1. The summed E-state index contributed by atoms with van der Waals surface area (Å²) in [4.78, 5) is 16.8. The zero-order chi connectivity index (χ0) is 16.8. The van der Waals surface area contributed by atoms with Gasteiger partial charge in [-0.2, -0.15) is 0 Å². The van der Waals surface area contributed by atoms with Crippen LogP contribution in [-0.4, -0.2) is 54.5 Å². The second kappa shape index (κ2) is 8.46. The van der Waals surface area contributed by atoms with E-state index >= 15 is 0 Å². The molecule has 1 amide bonds. The molecule has 1 heterocycles. The van der Waals surface area contributed by atoms with Crippen LogP contribution in [0.3, 0.4) is 0 Å². The molecule has 1 atom stereocenters. The zero-order valence-corrected chi connectivity index (χ0v) is 15.0. The molecule has 1 aliphatic heterocycles. The molecule has 1 aromatic carbocycles. The molecule has 0 aromatic heterocycles. The zero-order valence-electron chi connectivity index (χ0n) is 15.0. The van der Waals surface area contributed by atoms with Gasteiger partial charge in [0.2, 0.25) is 5.91 Å². The van der Waals surface area contributed by atoms with E-state index in [1.165, 1.54) is 11.1 Å². The van der Waals surface area contributed by atoms with Gasteiger partial charge in [0.15, 0.2) is 0 Å². The number of carbonyl (C=O) groups excluding carboxylic acids is 1. The van der Waals surface area contributed by atoms with Crippen LogP contribution in [0.2, 0.25) is 0 Å². The van der Waals surface area contributed by atoms with Crippen LogP contribution >= 0.6 is 0 Å². The Morgan fingerprint density at radius 2 is 1.78 bits per heavy atom. The summed E-state index contributed by atoms with van der Waals surface area (Å²) in [5.74, 6) is 0.628. The summed E-state index contributed by atoms with van der Waals surface area (Å²) in [6.07, 6.45) is 0. The predicted octanol–water partition coefficient (Wildman–Crippen LogP) is 2.27. The summed E-state index contributed by atoms with van der Waals surface area (Å²) in [7, 11) is 0. The van der Waals surface area contributed by atoms with Crippen molar-refractivity contribution in [2.75, 3.05) is 32.7 Å². The molecular formula is C19H31N3O. The third-order valence-corrected chi connectivity index (χ3v) is 4.71. The lowest BCUT2D eigenvalue weighted by Gasteiger charge is -2.34. The van der Waals surface area contributed by atoms with E-state index in [1.54, 1.807) is 0 Å². The number of piperazine rings is 1. The number of aryl methyl sites for hydroxylation is 1. The first kappa shape index (κ1) is 18.0. The Labute approximate surface area is 140 Å². The van der Waals surface area contributed by atoms with Crippen LogP contribution in [0.5, 0.6) is 0 Å². The van der Waals surface area contributed by atoms with Crippen LogP contribution in [0.25, 0.3) is 0 Å². The minimum absolute atomic E-state index is 0.151. The Kier molecular flexibility index (Phi) is 6.60. The Balaban J connectivity index is 1.72. The van der Waals surface area contributed by atoms with Gasteiger partial charge >= 0.3 is 0 Å². The minimum Gasteiger partial charge on any atom is -0.352 e. The lowest BCUT2D eigenvalue weighted by Crippen LogP contribution is -2.50. The molecule has 1 aromatic rings. The fraction of sp³-hybridized carbons (Fsp3) is 0.632. The molecule has 128 valence electrons. The van der Waals surface area contributed by atoms with Crippen molar-refractivity contribution in [3.05, 3.63) is 35.4 Å². The summed E-state index contributed by atoms with van der Waals surface area (Å²) in [5.41, 5.74) is 2.69. The molecule has 4 nitrogen and oxygen atoms in total. The third kappa shape index (κ3) is 5.96. The average molecular weight is 317 g/mol. The molecule has 0 radical (unpaired) electrons. The van der Waals surface area contributed by atoms with Gasteiger partial charge < -0.3 is 5.32 Å². The van der Waals surface area contributed by atoms with E-state index < -0.39 is 0 Å². The van der Waals surface area contributed by atoms with E-state index in [9.17, 15) is 4.79 Å². The van der Waals surface area contributed by atoms with Crippen molar-refractivity contribution >= 4 is 5.91 Å². The predicted molar refractivity (Wildman–Crippen MR) is 95.3 cm³/mol. The maximum atomic E-state index is 12.1. The van der Waals surface area contributed by atoms with Gasteiger partial charge in [0.1, 0.15) is 0 Å². The quantitative estimate of drug-likeness (QED) is 0.874. The Bertz CT molecular complexity index is 507. The SMILES string of the molecule is Cc1cccc(CN2CCN(CC(=O)NC(C)C(C)C)CC2)c1. The van der Waals surface area contributed by atoms with E-state index in [-0.39, 0.29) is 11.9 Å². The normalized spacial score (nSPS) is 18.1. The fourth-order valence-electron chi connectivity index (χ4n) is 2.84. The van der Waals surface area contributed by atoms with Crippen LogP contribution in [0.15, 0.2) is 24.3 Å². The van der Waals surface area contributed by atoms with Crippen molar-refractivity contribution in [1.82, 2.24) is 15.1 Å². The molecule has 1 N–H and O–H groups in total. The van der Waals surface area contributed by atoms with Gasteiger partial charge in [-0.3, -0.25) is 14.6 Å². The maximum absolute atomic E-state index is 12.1. The summed E-state index contributed by atoms with van der Waals surface area (Å²) in [6, 6.07) is 8.96. The number of nitrogens with zero attached hydrogens (tertiary/aromatic N) is 2. The second-order valence-electron chi connectivity index (χ2n) is 7.14.